The van der Waals surface area contributed by atoms with Crippen LogP contribution in [0.4, 0.5) is 0 Å². The van der Waals surface area contributed by atoms with Crippen molar-refractivity contribution in [2.45, 2.75) is 19.0 Å². The lowest BCUT2D eigenvalue weighted by atomic mass is 10.1. The first kappa shape index (κ1) is 12.0. The topological polar surface area (TPSA) is 72.5 Å². The zero-order chi connectivity index (χ0) is 13.4. The number of carbonyl (C=O) groups is 2. The second kappa shape index (κ2) is 4.55. The Labute approximate surface area is 110 Å². The number of likely N-dealkylation sites (tertiary alicyclic amines) is 1. The standard InChI is InChI=1S/C13H14N2O4/c1-15-12(16)5-9(13(15)17)14-6-8-2-3-10-11(4-8)19-7-18-10/h2-4,9,14H,5-7H2,1H3/p+1. The Kier molecular flexibility index (Phi) is 2.87. The molecule has 2 N–H and O–H groups in total. The van der Waals surface area contributed by atoms with Crippen LogP contribution in [0.15, 0.2) is 18.2 Å². The van der Waals surface area contributed by atoms with Crippen LogP contribution in [0.5, 0.6) is 11.5 Å². The van der Waals surface area contributed by atoms with Gasteiger partial charge in [0.2, 0.25) is 12.7 Å². The largest absolute Gasteiger partial charge is 0.454 e. The van der Waals surface area contributed by atoms with E-state index in [1.165, 1.54) is 11.9 Å². The number of fused-ring (bicyclic) bond motifs is 1. The molecule has 0 spiro atoms. The highest BCUT2D eigenvalue weighted by atomic mass is 16.7. The molecule has 2 aliphatic heterocycles. The highest BCUT2D eigenvalue weighted by molar-refractivity contribution is 6.04. The zero-order valence-corrected chi connectivity index (χ0v) is 10.6. The quantitative estimate of drug-likeness (QED) is 0.727. The molecule has 19 heavy (non-hydrogen) atoms. The highest BCUT2D eigenvalue weighted by Crippen LogP contribution is 2.32. The van der Waals surface area contributed by atoms with Gasteiger partial charge in [0.1, 0.15) is 6.54 Å². The van der Waals surface area contributed by atoms with Gasteiger partial charge in [0.15, 0.2) is 17.5 Å². The van der Waals surface area contributed by atoms with Crippen molar-refractivity contribution in [1.82, 2.24) is 4.90 Å². The number of imide groups is 1. The molecule has 1 saturated heterocycles. The van der Waals surface area contributed by atoms with E-state index in [0.717, 1.165) is 17.1 Å². The number of hydrogen-bond acceptors (Lipinski definition) is 4. The third-order valence-electron chi connectivity index (χ3n) is 3.49. The van der Waals surface area contributed by atoms with E-state index in [1.54, 1.807) is 0 Å². The van der Waals surface area contributed by atoms with E-state index in [4.69, 9.17) is 9.47 Å². The molecule has 1 unspecified atom stereocenters. The van der Waals surface area contributed by atoms with Crippen LogP contribution in [-0.2, 0) is 16.1 Å². The summed E-state index contributed by atoms with van der Waals surface area (Å²) in [6.07, 6.45) is 0.278. The van der Waals surface area contributed by atoms with Crippen molar-refractivity contribution in [3.63, 3.8) is 0 Å². The third kappa shape index (κ3) is 2.15. The average Bonchev–Trinajstić information content (AvgIpc) is 2.96. The maximum absolute atomic E-state index is 11.8. The van der Waals surface area contributed by atoms with E-state index in [-0.39, 0.29) is 31.1 Å². The predicted octanol–water partition coefficient (Wildman–Crippen LogP) is -0.764. The van der Waals surface area contributed by atoms with Crippen molar-refractivity contribution in [2.24, 2.45) is 0 Å². The number of ether oxygens (including phenoxy) is 2. The minimum atomic E-state index is -0.303. The minimum absolute atomic E-state index is 0.114. The first-order valence-corrected chi connectivity index (χ1v) is 6.17. The van der Waals surface area contributed by atoms with Gasteiger partial charge in [-0.05, 0) is 18.2 Å². The zero-order valence-electron chi connectivity index (χ0n) is 10.6. The van der Waals surface area contributed by atoms with E-state index in [2.05, 4.69) is 0 Å². The molecule has 0 aliphatic carbocycles. The van der Waals surface area contributed by atoms with Crippen molar-refractivity contribution in [2.75, 3.05) is 13.8 Å². The molecule has 6 heteroatoms. The van der Waals surface area contributed by atoms with Crippen LogP contribution in [0.2, 0.25) is 0 Å². The molecule has 6 nitrogen and oxygen atoms in total. The van der Waals surface area contributed by atoms with Gasteiger partial charge in [0, 0.05) is 12.6 Å². The van der Waals surface area contributed by atoms with E-state index >= 15 is 0 Å². The number of likely N-dealkylation sites (N-methyl/N-ethyl adjacent to an activating group) is 1. The number of benzene rings is 1. The van der Waals surface area contributed by atoms with E-state index in [9.17, 15) is 9.59 Å². The smallest absolute Gasteiger partial charge is 0.287 e. The molecule has 0 saturated carbocycles. The van der Waals surface area contributed by atoms with Crippen molar-refractivity contribution < 1.29 is 24.4 Å². The van der Waals surface area contributed by atoms with Crippen LogP contribution in [0, 0.1) is 0 Å². The molecule has 1 atom stereocenters. The summed E-state index contributed by atoms with van der Waals surface area (Å²) < 4.78 is 10.5. The van der Waals surface area contributed by atoms with Gasteiger partial charge >= 0.3 is 0 Å². The fourth-order valence-corrected chi connectivity index (χ4v) is 2.31. The molecule has 3 rings (SSSR count). The molecule has 0 radical (unpaired) electrons. The van der Waals surface area contributed by atoms with Gasteiger partial charge in [0.25, 0.3) is 5.91 Å². The molecule has 1 fully saturated rings. The molecule has 0 bridgehead atoms. The monoisotopic (exact) mass is 263 g/mol. The second-order valence-electron chi connectivity index (χ2n) is 4.73. The van der Waals surface area contributed by atoms with Gasteiger partial charge in [0.05, 0.1) is 6.42 Å². The Morgan fingerprint density at radius 2 is 2.11 bits per heavy atom. The SMILES string of the molecule is CN1C(=O)CC([NH2+]Cc2ccc3c(c2)OCO3)C1=O. The van der Waals surface area contributed by atoms with Crippen molar-refractivity contribution >= 4 is 11.8 Å². The van der Waals surface area contributed by atoms with Crippen LogP contribution < -0.4 is 14.8 Å². The molecular weight excluding hydrogens is 248 g/mol. The van der Waals surface area contributed by atoms with Crippen LogP contribution in [-0.4, -0.2) is 36.6 Å². The van der Waals surface area contributed by atoms with Gasteiger partial charge in [-0.3, -0.25) is 14.5 Å². The minimum Gasteiger partial charge on any atom is -0.454 e. The number of hydrogen-bond donors (Lipinski definition) is 1. The Hall–Kier alpha value is -2.08. The Morgan fingerprint density at radius 1 is 1.32 bits per heavy atom. The second-order valence-corrected chi connectivity index (χ2v) is 4.73. The molecule has 2 amide bonds. The first-order valence-electron chi connectivity index (χ1n) is 6.17. The number of rotatable bonds is 3. The normalized spacial score (nSPS) is 21.3. The molecule has 2 heterocycles. The lowest BCUT2D eigenvalue weighted by molar-refractivity contribution is -0.690. The summed E-state index contributed by atoms with van der Waals surface area (Å²) in [4.78, 5) is 24.4. The first-order chi connectivity index (χ1) is 9.15. The van der Waals surface area contributed by atoms with Gasteiger partial charge in [-0.2, -0.15) is 0 Å². The number of nitrogens with zero attached hydrogens (tertiary/aromatic N) is 1. The number of quaternary nitrogens is 1. The van der Waals surface area contributed by atoms with Crippen molar-refractivity contribution in [1.29, 1.82) is 0 Å². The van der Waals surface area contributed by atoms with Gasteiger partial charge in [-0.25, -0.2) is 0 Å². The molecular formula is C13H15N2O4+. The van der Waals surface area contributed by atoms with Crippen LogP contribution >= 0.6 is 0 Å². The maximum atomic E-state index is 11.8. The van der Waals surface area contributed by atoms with E-state index < -0.39 is 0 Å². The molecule has 1 aromatic carbocycles. The van der Waals surface area contributed by atoms with Gasteiger partial charge in [-0.1, -0.05) is 0 Å². The molecule has 0 aromatic heterocycles. The number of amides is 2. The lowest BCUT2D eigenvalue weighted by Crippen LogP contribution is -2.90. The number of nitrogens with two attached hydrogens (primary N) is 1. The van der Waals surface area contributed by atoms with Crippen molar-refractivity contribution in [3.8, 4) is 11.5 Å². The number of carbonyl (C=O) groups excluding carboxylic acids is 2. The maximum Gasteiger partial charge on any atom is 0.287 e. The summed E-state index contributed by atoms with van der Waals surface area (Å²) in [5.41, 5.74) is 1.04. The summed E-state index contributed by atoms with van der Waals surface area (Å²) in [6.45, 7) is 0.886. The van der Waals surface area contributed by atoms with Gasteiger partial charge in [-0.15, -0.1) is 0 Å². The summed E-state index contributed by atoms with van der Waals surface area (Å²) in [5.74, 6) is 1.25. The highest BCUT2D eigenvalue weighted by Gasteiger charge is 2.38. The molecule has 1 aromatic rings. The van der Waals surface area contributed by atoms with Crippen LogP contribution in [0.3, 0.4) is 0 Å². The summed E-state index contributed by atoms with van der Waals surface area (Å²) in [6, 6.07) is 5.40. The van der Waals surface area contributed by atoms with Gasteiger partial charge < -0.3 is 14.8 Å². The Balaban J connectivity index is 1.64. The molecule has 2 aliphatic rings. The fraction of sp³-hybridized carbons (Fsp3) is 0.385. The Bertz CT molecular complexity index is 543. The summed E-state index contributed by atoms with van der Waals surface area (Å²) >= 11 is 0. The van der Waals surface area contributed by atoms with Crippen LogP contribution in [0.1, 0.15) is 12.0 Å². The Morgan fingerprint density at radius 3 is 2.84 bits per heavy atom. The summed E-state index contributed by atoms with van der Waals surface area (Å²) in [7, 11) is 1.53. The van der Waals surface area contributed by atoms with Crippen molar-refractivity contribution in [3.05, 3.63) is 23.8 Å². The third-order valence-corrected chi connectivity index (χ3v) is 3.49. The fourth-order valence-electron chi connectivity index (χ4n) is 2.31. The predicted molar refractivity (Wildman–Crippen MR) is 64.4 cm³/mol. The molecule has 100 valence electrons. The lowest BCUT2D eigenvalue weighted by Gasteiger charge is -2.08. The summed E-state index contributed by atoms with van der Waals surface area (Å²) in [5, 5.41) is 1.89. The average molecular weight is 263 g/mol. The van der Waals surface area contributed by atoms with Crippen LogP contribution in [0.25, 0.3) is 0 Å². The van der Waals surface area contributed by atoms with E-state index in [1.807, 2.05) is 23.5 Å². The van der Waals surface area contributed by atoms with E-state index in [0.29, 0.717) is 6.54 Å².